The normalized spacial score (nSPS) is 20.2. The van der Waals surface area contributed by atoms with Crippen LogP contribution >= 0.6 is 0 Å². The average molecular weight is 438 g/mol. The van der Waals surface area contributed by atoms with Crippen molar-refractivity contribution >= 4 is 33.7 Å². The Labute approximate surface area is 184 Å². The van der Waals surface area contributed by atoms with Crippen LogP contribution in [0, 0.1) is 12.8 Å². The van der Waals surface area contributed by atoms with Crippen molar-refractivity contribution in [3.05, 3.63) is 39.8 Å². The van der Waals surface area contributed by atoms with Gasteiger partial charge in [0.25, 0.3) is 11.5 Å². The zero-order valence-electron chi connectivity index (χ0n) is 18.0. The smallest absolute Gasteiger partial charge is 0.308 e. The Balaban J connectivity index is 1.62. The van der Waals surface area contributed by atoms with Crippen LogP contribution in [0.1, 0.15) is 47.6 Å². The molecule has 2 fully saturated rings. The van der Waals surface area contributed by atoms with E-state index in [9.17, 15) is 19.5 Å². The molecule has 0 aliphatic carbocycles. The van der Waals surface area contributed by atoms with Gasteiger partial charge >= 0.3 is 5.97 Å². The summed E-state index contributed by atoms with van der Waals surface area (Å²) < 4.78 is 7.38. The van der Waals surface area contributed by atoms with Gasteiger partial charge in [-0.05, 0) is 50.3 Å². The average Bonchev–Trinajstić information content (AvgIpc) is 3.25. The van der Waals surface area contributed by atoms with Crippen molar-refractivity contribution in [2.75, 3.05) is 26.3 Å². The number of pyridine rings is 1. The number of hydrogen-bond donors (Lipinski definition) is 2. The largest absolute Gasteiger partial charge is 0.481 e. The summed E-state index contributed by atoms with van der Waals surface area (Å²) in [6.45, 7) is 3.89. The lowest BCUT2D eigenvalue weighted by Gasteiger charge is -2.31. The van der Waals surface area contributed by atoms with E-state index < -0.39 is 11.9 Å². The first-order valence-electron chi connectivity index (χ1n) is 11.1. The predicted octanol–water partition coefficient (Wildman–Crippen LogP) is 2.47. The Morgan fingerprint density at radius 1 is 1.19 bits per heavy atom. The van der Waals surface area contributed by atoms with Gasteiger partial charge in [0, 0.05) is 37.3 Å². The topological polar surface area (TPSA) is 118 Å². The van der Waals surface area contributed by atoms with Crippen molar-refractivity contribution in [2.45, 2.75) is 38.6 Å². The van der Waals surface area contributed by atoms with Crippen molar-refractivity contribution in [3.63, 3.8) is 0 Å². The SMILES string of the molecule is Cc1cc2[nH]c(=O)c3cnn(C4CCOCC4)c3c2cc1C(=O)N1CCC[C@@H](C(=O)O)C1. The first kappa shape index (κ1) is 20.7. The Kier molecular flexibility index (Phi) is 5.21. The highest BCUT2D eigenvalue weighted by Crippen LogP contribution is 2.30. The molecule has 9 heteroatoms. The highest BCUT2D eigenvalue weighted by Gasteiger charge is 2.30. The number of carbonyl (C=O) groups is 2. The summed E-state index contributed by atoms with van der Waals surface area (Å²) in [4.78, 5) is 42.1. The first-order chi connectivity index (χ1) is 15.4. The number of nitrogens with zero attached hydrogens (tertiary/aromatic N) is 3. The van der Waals surface area contributed by atoms with Gasteiger partial charge in [0.2, 0.25) is 0 Å². The lowest BCUT2D eigenvalue weighted by molar-refractivity contribution is -0.143. The van der Waals surface area contributed by atoms with Gasteiger partial charge in [0.1, 0.15) is 0 Å². The van der Waals surface area contributed by atoms with Crippen LogP contribution in [0.25, 0.3) is 21.8 Å². The third kappa shape index (κ3) is 3.46. The van der Waals surface area contributed by atoms with Crippen molar-refractivity contribution < 1.29 is 19.4 Å². The van der Waals surface area contributed by atoms with E-state index in [2.05, 4.69) is 10.1 Å². The minimum Gasteiger partial charge on any atom is -0.481 e. The number of H-pyrrole nitrogens is 1. The zero-order valence-corrected chi connectivity index (χ0v) is 18.0. The maximum absolute atomic E-state index is 13.4. The number of amides is 1. The molecule has 168 valence electrons. The van der Waals surface area contributed by atoms with E-state index >= 15 is 0 Å². The lowest BCUT2D eigenvalue weighted by atomic mass is 9.96. The number of nitrogens with one attached hydrogen (secondary N) is 1. The molecule has 4 heterocycles. The van der Waals surface area contributed by atoms with Gasteiger partial charge in [-0.15, -0.1) is 0 Å². The summed E-state index contributed by atoms with van der Waals surface area (Å²) in [5.74, 6) is -1.57. The molecule has 9 nitrogen and oxygen atoms in total. The highest BCUT2D eigenvalue weighted by molar-refractivity contribution is 6.07. The molecule has 2 N–H and O–H groups in total. The van der Waals surface area contributed by atoms with Crippen LogP contribution < -0.4 is 5.56 Å². The Morgan fingerprint density at radius 3 is 2.72 bits per heavy atom. The molecule has 3 aromatic rings. The fourth-order valence-corrected chi connectivity index (χ4v) is 4.96. The minimum absolute atomic E-state index is 0.130. The molecule has 0 saturated carbocycles. The van der Waals surface area contributed by atoms with Crippen molar-refractivity contribution in [1.82, 2.24) is 19.7 Å². The monoisotopic (exact) mass is 438 g/mol. The highest BCUT2D eigenvalue weighted by atomic mass is 16.5. The summed E-state index contributed by atoms with van der Waals surface area (Å²) in [6.07, 6.45) is 4.47. The van der Waals surface area contributed by atoms with E-state index in [0.717, 1.165) is 29.3 Å². The van der Waals surface area contributed by atoms with Crippen molar-refractivity contribution in [2.24, 2.45) is 5.92 Å². The van der Waals surface area contributed by atoms with Gasteiger partial charge in [-0.2, -0.15) is 5.10 Å². The number of piperidine rings is 1. The maximum atomic E-state index is 13.4. The van der Waals surface area contributed by atoms with Gasteiger partial charge in [0.05, 0.1) is 34.6 Å². The number of carboxylic acid groups (broad SMARTS) is 1. The van der Waals surface area contributed by atoms with E-state index in [4.69, 9.17) is 4.74 Å². The van der Waals surface area contributed by atoms with E-state index in [1.807, 2.05) is 23.7 Å². The van der Waals surface area contributed by atoms with Crippen LogP contribution in [-0.4, -0.2) is 63.0 Å². The number of benzene rings is 1. The number of aryl methyl sites for hydroxylation is 1. The third-order valence-corrected chi connectivity index (χ3v) is 6.73. The quantitative estimate of drug-likeness (QED) is 0.649. The van der Waals surface area contributed by atoms with Gasteiger partial charge in [-0.25, -0.2) is 0 Å². The van der Waals surface area contributed by atoms with E-state index in [1.165, 1.54) is 0 Å². The molecule has 0 bridgehead atoms. The number of rotatable bonds is 3. The summed E-state index contributed by atoms with van der Waals surface area (Å²) in [5.41, 5.74) is 2.45. The molecule has 0 spiro atoms. The molecule has 32 heavy (non-hydrogen) atoms. The number of aromatic nitrogens is 3. The van der Waals surface area contributed by atoms with Gasteiger partial charge in [0.15, 0.2) is 0 Å². The molecule has 1 aromatic carbocycles. The lowest BCUT2D eigenvalue weighted by Crippen LogP contribution is -2.42. The van der Waals surface area contributed by atoms with E-state index in [0.29, 0.717) is 49.1 Å². The molecule has 1 amide bonds. The molecule has 1 atom stereocenters. The first-order valence-corrected chi connectivity index (χ1v) is 11.1. The molecular weight excluding hydrogens is 412 g/mol. The zero-order chi connectivity index (χ0) is 22.4. The summed E-state index contributed by atoms with van der Waals surface area (Å²) in [5, 5.41) is 15.2. The summed E-state index contributed by atoms with van der Waals surface area (Å²) in [6, 6.07) is 3.78. The van der Waals surface area contributed by atoms with Crippen LogP contribution in [0.5, 0.6) is 0 Å². The fourth-order valence-electron chi connectivity index (χ4n) is 4.96. The Hall–Kier alpha value is -3.20. The number of ether oxygens (including phenoxy) is 1. The number of likely N-dealkylation sites (tertiary alicyclic amines) is 1. The van der Waals surface area contributed by atoms with Gasteiger partial charge < -0.3 is 19.7 Å². The molecule has 0 unspecified atom stereocenters. The number of carbonyl (C=O) groups excluding carboxylic acids is 1. The Bertz CT molecular complexity index is 1270. The van der Waals surface area contributed by atoms with Crippen molar-refractivity contribution in [3.8, 4) is 0 Å². The third-order valence-electron chi connectivity index (χ3n) is 6.73. The standard InChI is InChI=1S/C23H26N4O5/c1-13-9-19-17(10-16(13)22(29)26-6-2-3-14(12-26)23(30)31)20-18(21(28)25-19)11-24-27(20)15-4-7-32-8-5-15/h9-11,14-15H,2-8,12H2,1H3,(H,25,28)(H,30,31)/t14-/m1/s1. The van der Waals surface area contributed by atoms with Crippen LogP contribution in [0.2, 0.25) is 0 Å². The minimum atomic E-state index is -0.864. The Morgan fingerprint density at radius 2 is 1.97 bits per heavy atom. The number of fused-ring (bicyclic) bond motifs is 3. The van der Waals surface area contributed by atoms with Gasteiger partial charge in [-0.3, -0.25) is 19.1 Å². The van der Waals surface area contributed by atoms with Crippen LogP contribution in [0.4, 0.5) is 0 Å². The van der Waals surface area contributed by atoms with Crippen LogP contribution in [-0.2, 0) is 9.53 Å². The van der Waals surface area contributed by atoms with Gasteiger partial charge in [-0.1, -0.05) is 0 Å². The number of aromatic amines is 1. The predicted molar refractivity (Wildman–Crippen MR) is 118 cm³/mol. The van der Waals surface area contributed by atoms with E-state index in [1.54, 1.807) is 11.1 Å². The number of aliphatic carboxylic acids is 1. The summed E-state index contributed by atoms with van der Waals surface area (Å²) >= 11 is 0. The fraction of sp³-hybridized carbons (Fsp3) is 0.478. The second kappa shape index (κ2) is 8.05. The second-order valence-electron chi connectivity index (χ2n) is 8.79. The van der Waals surface area contributed by atoms with Crippen molar-refractivity contribution in [1.29, 1.82) is 0 Å². The molecule has 5 rings (SSSR count). The van der Waals surface area contributed by atoms with E-state index in [-0.39, 0.29) is 24.1 Å². The van der Waals surface area contributed by atoms with Crippen LogP contribution in [0.15, 0.2) is 23.1 Å². The molecule has 2 aliphatic rings. The molecule has 0 radical (unpaired) electrons. The maximum Gasteiger partial charge on any atom is 0.308 e. The summed E-state index contributed by atoms with van der Waals surface area (Å²) in [7, 11) is 0. The molecule has 2 aromatic heterocycles. The molecule has 2 aliphatic heterocycles. The molecular formula is C23H26N4O5. The number of carboxylic acids is 1. The number of hydrogen-bond acceptors (Lipinski definition) is 5. The molecule has 2 saturated heterocycles. The van der Waals surface area contributed by atoms with Crippen LogP contribution in [0.3, 0.4) is 0 Å². The second-order valence-corrected chi connectivity index (χ2v) is 8.79.